The maximum atomic E-state index is 14.3. The van der Waals surface area contributed by atoms with Crippen molar-refractivity contribution < 1.29 is 9.59 Å². The van der Waals surface area contributed by atoms with Gasteiger partial charge in [0.1, 0.15) is 0 Å². The highest BCUT2D eigenvalue weighted by molar-refractivity contribution is 6.08. The number of amides is 3. The lowest BCUT2D eigenvalue weighted by Crippen LogP contribution is -2.51. The number of nitrogens with zero attached hydrogens (tertiary/aromatic N) is 3. The van der Waals surface area contributed by atoms with Crippen LogP contribution in [0.4, 0.5) is 4.79 Å². The topological polar surface area (TPSA) is 101 Å². The molecule has 1 aromatic heterocycles. The van der Waals surface area contributed by atoms with Crippen LogP contribution in [0.2, 0.25) is 0 Å². The van der Waals surface area contributed by atoms with Gasteiger partial charge in [-0.3, -0.25) is 19.1 Å². The Morgan fingerprint density at radius 3 is 2.02 bits per heavy atom. The lowest BCUT2D eigenvalue weighted by molar-refractivity contribution is 0.0925. The zero-order valence-electron chi connectivity index (χ0n) is 22.9. The molecule has 0 bridgehead atoms. The summed E-state index contributed by atoms with van der Waals surface area (Å²) in [6.07, 6.45) is 0.714. The molecule has 1 aliphatic heterocycles. The second kappa shape index (κ2) is 11.8. The minimum absolute atomic E-state index is 0.175. The fraction of sp³-hybridized carbons (Fsp3) is 0.281. The zero-order valence-corrected chi connectivity index (χ0v) is 22.9. The summed E-state index contributed by atoms with van der Waals surface area (Å²) in [5, 5.41) is 4.38. The number of carbonyl (C=O) groups is 2. The second-order valence-electron chi connectivity index (χ2n) is 10.2. The Balaban J connectivity index is 1.70. The van der Waals surface area contributed by atoms with E-state index >= 15 is 0 Å². The van der Waals surface area contributed by atoms with Crippen LogP contribution in [-0.4, -0.2) is 52.5 Å². The Kier molecular flexibility index (Phi) is 7.98. The molecule has 8 heteroatoms. The maximum Gasteiger partial charge on any atom is 0.314 e. The Hall–Kier alpha value is -4.43. The Labute approximate surface area is 234 Å². The summed E-state index contributed by atoms with van der Waals surface area (Å²) in [7, 11) is 0. The van der Waals surface area contributed by atoms with Crippen LogP contribution in [0.3, 0.4) is 0 Å². The fourth-order valence-electron chi connectivity index (χ4n) is 5.67. The molecule has 0 radical (unpaired) electrons. The number of aromatic nitrogens is 1. The highest BCUT2D eigenvalue weighted by Crippen LogP contribution is 2.31. The predicted molar refractivity (Wildman–Crippen MR) is 158 cm³/mol. The first-order valence-corrected chi connectivity index (χ1v) is 13.8. The number of pyridine rings is 1. The van der Waals surface area contributed by atoms with E-state index in [0.29, 0.717) is 60.3 Å². The number of hydrogen-bond donors (Lipinski definition) is 2. The van der Waals surface area contributed by atoms with Crippen molar-refractivity contribution in [3.05, 3.63) is 112 Å². The molecule has 0 aliphatic carbocycles. The number of primary amides is 1. The fourth-order valence-corrected chi connectivity index (χ4v) is 5.67. The average molecular weight is 538 g/mol. The molecular weight excluding hydrogens is 502 g/mol. The summed E-state index contributed by atoms with van der Waals surface area (Å²) in [4.78, 5) is 44.0. The van der Waals surface area contributed by atoms with Crippen molar-refractivity contribution in [3.63, 3.8) is 0 Å². The number of nitrogens with one attached hydrogen (secondary N) is 1. The van der Waals surface area contributed by atoms with Gasteiger partial charge in [0, 0.05) is 48.7 Å². The molecule has 8 nitrogen and oxygen atoms in total. The van der Waals surface area contributed by atoms with Crippen LogP contribution in [0, 0.1) is 0 Å². The van der Waals surface area contributed by atoms with E-state index in [1.54, 1.807) is 15.5 Å². The van der Waals surface area contributed by atoms with Gasteiger partial charge in [-0.1, -0.05) is 73.7 Å². The first kappa shape index (κ1) is 27.1. The quantitative estimate of drug-likeness (QED) is 0.359. The molecule has 2 atom stereocenters. The lowest BCUT2D eigenvalue weighted by atomic mass is 9.96. The van der Waals surface area contributed by atoms with Gasteiger partial charge in [-0.15, -0.1) is 0 Å². The number of rotatable bonds is 7. The van der Waals surface area contributed by atoms with Crippen LogP contribution >= 0.6 is 0 Å². The van der Waals surface area contributed by atoms with Gasteiger partial charge in [-0.05, 0) is 37.1 Å². The van der Waals surface area contributed by atoms with Crippen molar-refractivity contribution in [2.75, 3.05) is 26.2 Å². The van der Waals surface area contributed by atoms with Gasteiger partial charge < -0.3 is 16.0 Å². The highest BCUT2D eigenvalue weighted by atomic mass is 16.2. The third kappa shape index (κ3) is 5.22. The molecule has 3 N–H and O–H groups in total. The van der Waals surface area contributed by atoms with Gasteiger partial charge in [0.05, 0.1) is 17.3 Å². The third-order valence-corrected chi connectivity index (χ3v) is 7.85. The first-order valence-electron chi connectivity index (χ1n) is 13.8. The minimum atomic E-state index is -0.439. The van der Waals surface area contributed by atoms with E-state index in [1.807, 2.05) is 92.7 Å². The monoisotopic (exact) mass is 537 g/mol. The molecule has 4 aromatic rings. The molecular formula is C32H35N5O3. The van der Waals surface area contributed by atoms with E-state index in [0.717, 1.165) is 5.56 Å². The maximum absolute atomic E-state index is 14.3. The van der Waals surface area contributed by atoms with Crippen molar-refractivity contribution in [1.29, 1.82) is 0 Å². The number of para-hydroxylation sites is 1. The van der Waals surface area contributed by atoms with E-state index in [-0.39, 0.29) is 23.6 Å². The van der Waals surface area contributed by atoms with Crippen molar-refractivity contribution in [3.8, 4) is 5.69 Å². The van der Waals surface area contributed by atoms with Gasteiger partial charge in [0.25, 0.3) is 11.5 Å². The summed E-state index contributed by atoms with van der Waals surface area (Å²) in [6.45, 7) is 6.18. The van der Waals surface area contributed by atoms with Gasteiger partial charge >= 0.3 is 6.03 Å². The van der Waals surface area contributed by atoms with Crippen molar-refractivity contribution in [2.24, 2.45) is 5.73 Å². The molecule has 1 unspecified atom stereocenters. The van der Waals surface area contributed by atoms with Gasteiger partial charge in [0.2, 0.25) is 0 Å². The minimum Gasteiger partial charge on any atom is -0.351 e. The van der Waals surface area contributed by atoms with Crippen LogP contribution in [0.1, 0.15) is 54.0 Å². The second-order valence-corrected chi connectivity index (χ2v) is 10.2. The van der Waals surface area contributed by atoms with Crippen LogP contribution in [0.15, 0.2) is 89.7 Å². The molecule has 0 spiro atoms. The van der Waals surface area contributed by atoms with Crippen molar-refractivity contribution >= 4 is 22.7 Å². The Morgan fingerprint density at radius 2 is 1.43 bits per heavy atom. The number of piperazine rings is 1. The van der Waals surface area contributed by atoms with Crippen molar-refractivity contribution in [1.82, 2.24) is 19.7 Å². The molecule has 1 aliphatic rings. The lowest BCUT2D eigenvalue weighted by Gasteiger charge is -2.38. The molecule has 206 valence electrons. The van der Waals surface area contributed by atoms with Gasteiger partial charge in [-0.25, -0.2) is 4.79 Å². The molecule has 1 saturated heterocycles. The number of urea groups is 1. The smallest absolute Gasteiger partial charge is 0.314 e. The highest BCUT2D eigenvalue weighted by Gasteiger charge is 2.32. The summed E-state index contributed by atoms with van der Waals surface area (Å²) in [5.74, 6) is -0.228. The van der Waals surface area contributed by atoms with Crippen LogP contribution in [0.5, 0.6) is 0 Å². The molecule has 0 saturated carbocycles. The zero-order chi connectivity index (χ0) is 28.2. The Morgan fingerprint density at radius 1 is 0.850 bits per heavy atom. The normalized spacial score (nSPS) is 15.5. The predicted octanol–water partition coefficient (Wildman–Crippen LogP) is 4.63. The number of hydrogen-bond acceptors (Lipinski definition) is 4. The largest absolute Gasteiger partial charge is 0.351 e. The average Bonchev–Trinajstić information content (AvgIpc) is 3.00. The molecule has 3 aromatic carbocycles. The van der Waals surface area contributed by atoms with E-state index in [2.05, 4.69) is 10.2 Å². The van der Waals surface area contributed by atoms with Crippen LogP contribution < -0.4 is 16.6 Å². The molecule has 5 rings (SSSR count). The SMILES string of the molecule is CCC(NC(=O)c1c([C@H](C)N2CCN(C(N)=O)CC2)n(-c2ccccc2)c(=O)c2ccccc12)c1ccccc1. The number of benzene rings is 3. The summed E-state index contributed by atoms with van der Waals surface area (Å²) in [6, 6.07) is 25.8. The molecule has 3 amide bonds. The summed E-state index contributed by atoms with van der Waals surface area (Å²) < 4.78 is 1.69. The molecule has 2 heterocycles. The molecule has 40 heavy (non-hydrogen) atoms. The van der Waals surface area contributed by atoms with Crippen LogP contribution in [0.25, 0.3) is 16.5 Å². The van der Waals surface area contributed by atoms with E-state index < -0.39 is 6.03 Å². The third-order valence-electron chi connectivity index (χ3n) is 7.85. The Bertz CT molecular complexity index is 1560. The number of nitrogens with two attached hydrogens (primary N) is 1. The van der Waals surface area contributed by atoms with Gasteiger partial charge in [0.15, 0.2) is 0 Å². The number of carbonyl (C=O) groups excluding carboxylic acids is 2. The standard InChI is InChI=1S/C32H35N5O3/c1-3-27(23-12-6-4-7-13-23)34-30(38)28-25-16-10-11-17-26(25)31(39)37(24-14-8-5-9-15-24)29(28)22(2)35-18-20-36(21-19-35)32(33)40/h4-17,22,27H,3,18-21H2,1-2H3,(H2,33,40)(H,34,38)/t22-,27?/m0/s1. The van der Waals surface area contributed by atoms with E-state index in [9.17, 15) is 14.4 Å². The summed E-state index contributed by atoms with van der Waals surface area (Å²) >= 11 is 0. The van der Waals surface area contributed by atoms with E-state index in [1.165, 1.54) is 0 Å². The first-order chi connectivity index (χ1) is 19.4. The van der Waals surface area contributed by atoms with Crippen LogP contribution in [-0.2, 0) is 0 Å². The van der Waals surface area contributed by atoms with Crippen molar-refractivity contribution in [2.45, 2.75) is 32.4 Å². The summed E-state index contributed by atoms with van der Waals surface area (Å²) in [5.41, 5.74) is 8.18. The number of fused-ring (bicyclic) bond motifs is 1. The molecule has 1 fully saturated rings. The van der Waals surface area contributed by atoms with Gasteiger partial charge in [-0.2, -0.15) is 0 Å². The van der Waals surface area contributed by atoms with E-state index in [4.69, 9.17) is 5.73 Å².